The van der Waals surface area contributed by atoms with Crippen LogP contribution in [0.5, 0.6) is 0 Å². The van der Waals surface area contributed by atoms with Crippen molar-refractivity contribution in [1.29, 1.82) is 0 Å². The van der Waals surface area contributed by atoms with Crippen molar-refractivity contribution in [3.05, 3.63) is 48.0 Å². The van der Waals surface area contributed by atoms with Gasteiger partial charge in [-0.1, -0.05) is 30.8 Å². The van der Waals surface area contributed by atoms with Crippen LogP contribution in [0.25, 0.3) is 0 Å². The van der Waals surface area contributed by atoms with Gasteiger partial charge >= 0.3 is 0 Å². The van der Waals surface area contributed by atoms with Gasteiger partial charge in [0.1, 0.15) is 0 Å². The molecule has 0 saturated heterocycles. The predicted octanol–water partition coefficient (Wildman–Crippen LogP) is 1.35. The molecule has 1 aromatic rings. The van der Waals surface area contributed by atoms with E-state index in [-0.39, 0.29) is 12.4 Å². The fourth-order valence-electron chi connectivity index (χ4n) is 0.871. The van der Waals surface area contributed by atoms with Crippen LogP contribution in [0.4, 0.5) is 0 Å². The molecular weight excluding hydrogens is 152 g/mol. The largest absolute Gasteiger partial charge is 0.392 e. The second-order valence-electron chi connectivity index (χ2n) is 2.39. The molecule has 1 rings (SSSR count). The summed E-state index contributed by atoms with van der Waals surface area (Å²) in [4.78, 5) is 11.0. The summed E-state index contributed by atoms with van der Waals surface area (Å²) in [6.07, 6.45) is 1.02. The average molecular weight is 161 g/mol. The molecule has 61 valence electrons. The van der Waals surface area contributed by atoms with Crippen molar-refractivity contribution in [3.63, 3.8) is 0 Å². The van der Waals surface area contributed by atoms with E-state index in [4.69, 9.17) is 11.7 Å². The van der Waals surface area contributed by atoms with Crippen molar-refractivity contribution in [3.8, 4) is 0 Å². The van der Waals surface area contributed by atoms with Gasteiger partial charge in [-0.2, -0.15) is 0 Å². The van der Waals surface area contributed by atoms with Crippen molar-refractivity contribution in [2.24, 2.45) is 0 Å². The first kappa shape index (κ1) is 8.68. The Hall–Kier alpha value is -1.41. The van der Waals surface area contributed by atoms with Gasteiger partial charge in [-0.3, -0.25) is 4.79 Å². The van der Waals surface area contributed by atoms with Crippen LogP contribution in [0.15, 0.2) is 30.3 Å². The van der Waals surface area contributed by atoms with E-state index in [2.05, 4.69) is 0 Å². The number of hydrogen-bond acceptors (Lipinski definition) is 2. The lowest BCUT2D eigenvalue weighted by atomic mass is 10.1. The number of carbonyl (C=O) groups excluding carboxylic acids is 1. The lowest BCUT2D eigenvalue weighted by Crippen LogP contribution is -1.93. The number of aliphatic hydroxyl groups is 1. The Morgan fingerprint density at radius 3 is 2.42 bits per heavy atom. The van der Waals surface area contributed by atoms with E-state index in [1.165, 1.54) is 0 Å². The van der Waals surface area contributed by atoms with Gasteiger partial charge in [0.2, 0.25) is 0 Å². The fourth-order valence-corrected chi connectivity index (χ4v) is 0.871. The molecule has 0 heterocycles. The van der Waals surface area contributed by atoms with Crippen molar-refractivity contribution in [2.45, 2.75) is 6.61 Å². The van der Waals surface area contributed by atoms with E-state index in [0.29, 0.717) is 5.56 Å². The first-order valence-electron chi connectivity index (χ1n) is 3.57. The normalized spacial score (nSPS) is 9.42. The van der Waals surface area contributed by atoms with Gasteiger partial charge < -0.3 is 5.11 Å². The monoisotopic (exact) mass is 161 g/mol. The number of ketones is 1. The molecule has 0 atom stereocenters. The lowest BCUT2D eigenvalue weighted by molar-refractivity contribution is 0.104. The Kier molecular flexibility index (Phi) is 2.77. The first-order chi connectivity index (χ1) is 5.77. The number of aliphatic hydroxyl groups excluding tert-OH is 1. The van der Waals surface area contributed by atoms with Gasteiger partial charge in [0.05, 0.1) is 6.61 Å². The van der Waals surface area contributed by atoms with E-state index < -0.39 is 0 Å². The molecule has 12 heavy (non-hydrogen) atoms. The van der Waals surface area contributed by atoms with Crippen molar-refractivity contribution < 1.29 is 9.90 Å². The summed E-state index contributed by atoms with van der Waals surface area (Å²) < 4.78 is 0. The maximum atomic E-state index is 11.0. The molecule has 0 unspecified atom stereocenters. The highest BCUT2D eigenvalue weighted by Crippen LogP contribution is 2.05. The zero-order chi connectivity index (χ0) is 8.97. The van der Waals surface area contributed by atoms with E-state index in [0.717, 1.165) is 11.6 Å². The SMILES string of the molecule is [CH]=CC(=O)c1ccc(CO)cc1. The number of allylic oxidation sites excluding steroid dienone is 1. The van der Waals surface area contributed by atoms with Crippen molar-refractivity contribution >= 4 is 5.78 Å². The molecule has 0 aromatic heterocycles. The summed E-state index contributed by atoms with van der Waals surface area (Å²) in [7, 11) is 0. The summed E-state index contributed by atoms with van der Waals surface area (Å²) in [5.41, 5.74) is 1.32. The first-order valence-corrected chi connectivity index (χ1v) is 3.57. The Morgan fingerprint density at radius 1 is 1.42 bits per heavy atom. The van der Waals surface area contributed by atoms with Crippen LogP contribution in [0.3, 0.4) is 0 Å². The van der Waals surface area contributed by atoms with Gasteiger partial charge in [0, 0.05) is 5.56 Å². The number of hydrogen-bond donors (Lipinski definition) is 1. The van der Waals surface area contributed by atoms with Crippen molar-refractivity contribution in [2.75, 3.05) is 0 Å². The molecule has 0 amide bonds. The highest BCUT2D eigenvalue weighted by Gasteiger charge is 1.99. The smallest absolute Gasteiger partial charge is 0.185 e. The highest BCUT2D eigenvalue weighted by atomic mass is 16.3. The topological polar surface area (TPSA) is 37.3 Å². The summed E-state index contributed by atoms with van der Waals surface area (Å²) in [5, 5.41) is 8.71. The molecule has 1 aromatic carbocycles. The second-order valence-corrected chi connectivity index (χ2v) is 2.39. The van der Waals surface area contributed by atoms with Crippen molar-refractivity contribution in [1.82, 2.24) is 0 Å². The molecule has 2 nitrogen and oxygen atoms in total. The quantitative estimate of drug-likeness (QED) is 0.536. The van der Waals surface area contributed by atoms with Crippen LogP contribution >= 0.6 is 0 Å². The van der Waals surface area contributed by atoms with E-state index in [9.17, 15) is 4.79 Å². The van der Waals surface area contributed by atoms with Crippen LogP contribution in [0, 0.1) is 6.58 Å². The van der Waals surface area contributed by atoms with Crippen LogP contribution < -0.4 is 0 Å². The third-order valence-electron chi connectivity index (χ3n) is 1.57. The second kappa shape index (κ2) is 3.83. The molecule has 1 radical (unpaired) electrons. The summed E-state index contributed by atoms with van der Waals surface area (Å²) in [6.45, 7) is 5.04. The van der Waals surface area contributed by atoms with E-state index >= 15 is 0 Å². The summed E-state index contributed by atoms with van der Waals surface area (Å²) in [6, 6.07) is 6.65. The van der Waals surface area contributed by atoms with Crippen LogP contribution in [0.1, 0.15) is 15.9 Å². The minimum Gasteiger partial charge on any atom is -0.392 e. The molecule has 0 aliphatic heterocycles. The molecule has 0 aliphatic rings. The molecule has 0 aliphatic carbocycles. The minimum atomic E-state index is -0.209. The molecular formula is C10H9O2. The zero-order valence-corrected chi connectivity index (χ0v) is 6.53. The van der Waals surface area contributed by atoms with Gasteiger partial charge in [0.25, 0.3) is 0 Å². The number of carbonyl (C=O) groups is 1. The van der Waals surface area contributed by atoms with Crippen LogP contribution in [-0.2, 0) is 6.61 Å². The Labute approximate surface area is 71.2 Å². The Balaban J connectivity index is 2.91. The Morgan fingerprint density at radius 2 is 2.00 bits per heavy atom. The molecule has 0 saturated carbocycles. The minimum absolute atomic E-state index is 0.0131. The highest BCUT2D eigenvalue weighted by molar-refractivity contribution is 6.03. The van der Waals surface area contributed by atoms with E-state index in [1.54, 1.807) is 24.3 Å². The third kappa shape index (κ3) is 1.80. The summed E-state index contributed by atoms with van der Waals surface area (Å²) in [5.74, 6) is -0.209. The number of benzene rings is 1. The fraction of sp³-hybridized carbons (Fsp3) is 0.100. The van der Waals surface area contributed by atoms with Crippen LogP contribution in [-0.4, -0.2) is 10.9 Å². The zero-order valence-electron chi connectivity index (χ0n) is 6.53. The Bertz CT molecular complexity index is 285. The molecule has 0 fully saturated rings. The predicted molar refractivity (Wildman–Crippen MR) is 45.6 cm³/mol. The van der Waals surface area contributed by atoms with Gasteiger partial charge in [-0.15, -0.1) is 0 Å². The third-order valence-corrected chi connectivity index (χ3v) is 1.57. The average Bonchev–Trinajstić information content (AvgIpc) is 2.17. The van der Waals surface area contributed by atoms with E-state index in [1.807, 2.05) is 0 Å². The standard InChI is InChI=1S/C10H9O2/c1-2-10(12)9-5-3-8(7-11)4-6-9/h1-6,11H,7H2. The number of rotatable bonds is 3. The molecule has 0 bridgehead atoms. The lowest BCUT2D eigenvalue weighted by Gasteiger charge is -1.97. The van der Waals surface area contributed by atoms with Crippen LogP contribution in [0.2, 0.25) is 0 Å². The summed E-state index contributed by atoms with van der Waals surface area (Å²) >= 11 is 0. The molecule has 2 heteroatoms. The molecule has 0 spiro atoms. The maximum Gasteiger partial charge on any atom is 0.185 e. The van der Waals surface area contributed by atoms with Gasteiger partial charge in [0.15, 0.2) is 5.78 Å². The maximum absolute atomic E-state index is 11.0. The van der Waals surface area contributed by atoms with Gasteiger partial charge in [-0.05, 0) is 11.6 Å². The molecule has 1 N–H and O–H groups in total. The van der Waals surface area contributed by atoms with Gasteiger partial charge in [-0.25, -0.2) is 0 Å².